The average molecular weight is 175 g/mol. The van der Waals surface area contributed by atoms with Crippen molar-refractivity contribution >= 4 is 6.29 Å². The van der Waals surface area contributed by atoms with E-state index in [0.717, 1.165) is 6.29 Å². The summed E-state index contributed by atoms with van der Waals surface area (Å²) in [7, 11) is 0. The molecular weight excluding hydrogens is 166 g/mol. The van der Waals surface area contributed by atoms with Gasteiger partial charge in [0.05, 0.1) is 18.2 Å². The normalized spacial score (nSPS) is 8.85. The van der Waals surface area contributed by atoms with E-state index in [1.807, 2.05) is 6.07 Å². The number of carbonyl (C=O) groups is 1. The number of hydrogen-bond donors (Lipinski definition) is 0. The monoisotopic (exact) mass is 175 g/mol. The van der Waals surface area contributed by atoms with E-state index in [4.69, 9.17) is 10.00 Å². The van der Waals surface area contributed by atoms with Crippen LogP contribution in [0.4, 0.5) is 0 Å². The smallest absolute Gasteiger partial charge is 0.123 e. The number of carbonyl (C=O) groups excluding carboxylic acids is 1. The first-order chi connectivity index (χ1) is 6.36. The number of hydrogen-bond acceptors (Lipinski definition) is 3. The topological polar surface area (TPSA) is 50.1 Å². The van der Waals surface area contributed by atoms with Crippen LogP contribution in [0.25, 0.3) is 0 Å². The Morgan fingerprint density at radius 1 is 1.38 bits per heavy atom. The molecule has 1 rings (SSSR count). The van der Waals surface area contributed by atoms with Gasteiger partial charge in [-0.3, -0.25) is 0 Å². The average Bonchev–Trinajstić information content (AvgIpc) is 2.19. The van der Waals surface area contributed by atoms with Gasteiger partial charge in [-0.25, -0.2) is 0 Å². The summed E-state index contributed by atoms with van der Waals surface area (Å²) in [5, 5.41) is 8.51. The summed E-state index contributed by atoms with van der Waals surface area (Å²) in [6, 6.07) is 8.79. The molecule has 0 heterocycles. The second-order valence-electron chi connectivity index (χ2n) is 2.44. The minimum atomic E-state index is 0.384. The van der Waals surface area contributed by atoms with Crippen LogP contribution in [-0.2, 0) is 4.79 Å². The van der Waals surface area contributed by atoms with Crippen LogP contribution in [0.2, 0.25) is 0 Å². The lowest BCUT2D eigenvalue weighted by Crippen LogP contribution is -1.97. The van der Waals surface area contributed by atoms with E-state index in [-0.39, 0.29) is 0 Å². The first kappa shape index (κ1) is 9.27. The third-order valence-corrected chi connectivity index (χ3v) is 1.49. The van der Waals surface area contributed by atoms with Gasteiger partial charge in [-0.2, -0.15) is 5.26 Å². The molecule has 13 heavy (non-hydrogen) atoms. The van der Waals surface area contributed by atoms with Crippen molar-refractivity contribution in [2.45, 2.75) is 6.42 Å². The molecule has 0 aliphatic carbocycles. The van der Waals surface area contributed by atoms with Gasteiger partial charge in [-0.1, -0.05) is 0 Å². The van der Waals surface area contributed by atoms with Crippen LogP contribution in [0, 0.1) is 11.3 Å². The highest BCUT2D eigenvalue weighted by Gasteiger charge is 1.93. The Morgan fingerprint density at radius 3 is 2.62 bits per heavy atom. The van der Waals surface area contributed by atoms with Crippen LogP contribution < -0.4 is 4.74 Å². The highest BCUT2D eigenvalue weighted by Crippen LogP contribution is 2.11. The Hall–Kier alpha value is -1.82. The highest BCUT2D eigenvalue weighted by atomic mass is 16.5. The lowest BCUT2D eigenvalue weighted by Gasteiger charge is -2.02. The molecule has 3 heteroatoms. The van der Waals surface area contributed by atoms with E-state index in [1.165, 1.54) is 0 Å². The Morgan fingerprint density at radius 2 is 2.08 bits per heavy atom. The van der Waals surface area contributed by atoms with E-state index >= 15 is 0 Å². The van der Waals surface area contributed by atoms with Crippen molar-refractivity contribution in [1.82, 2.24) is 0 Å². The molecule has 0 N–H and O–H groups in total. The van der Waals surface area contributed by atoms with Crippen molar-refractivity contribution in [3.8, 4) is 11.8 Å². The first-order valence-electron chi connectivity index (χ1n) is 3.93. The molecule has 0 amide bonds. The summed E-state index contributed by atoms with van der Waals surface area (Å²) in [5.41, 5.74) is 0.600. The standard InChI is InChI=1S/C10H9NO2/c11-8-9-2-4-10(5-3-9)13-7-1-6-12/h2-6H,1,7H2. The number of rotatable bonds is 4. The molecule has 1 aromatic rings. The van der Waals surface area contributed by atoms with Crippen LogP contribution in [0.1, 0.15) is 12.0 Å². The summed E-state index contributed by atoms with van der Waals surface area (Å²) in [5.74, 6) is 0.681. The molecule has 0 saturated carbocycles. The molecule has 0 bridgehead atoms. The van der Waals surface area contributed by atoms with Crippen molar-refractivity contribution < 1.29 is 9.53 Å². The summed E-state index contributed by atoms with van der Waals surface area (Å²) in [4.78, 5) is 9.97. The molecule has 0 spiro atoms. The highest BCUT2D eigenvalue weighted by molar-refractivity contribution is 5.49. The molecule has 0 fully saturated rings. The molecule has 0 aliphatic heterocycles. The van der Waals surface area contributed by atoms with Crippen molar-refractivity contribution in [2.75, 3.05) is 6.61 Å². The number of nitriles is 1. The summed E-state index contributed by atoms with van der Waals surface area (Å²) in [6.07, 6.45) is 1.20. The van der Waals surface area contributed by atoms with Crippen LogP contribution in [0.3, 0.4) is 0 Å². The SMILES string of the molecule is N#Cc1ccc(OCCC=O)cc1. The Bertz CT molecular complexity index is 311. The van der Waals surface area contributed by atoms with Crippen molar-refractivity contribution in [2.24, 2.45) is 0 Å². The van der Waals surface area contributed by atoms with Crippen LogP contribution in [-0.4, -0.2) is 12.9 Å². The van der Waals surface area contributed by atoms with E-state index in [1.54, 1.807) is 24.3 Å². The van der Waals surface area contributed by atoms with Crippen molar-refractivity contribution in [3.05, 3.63) is 29.8 Å². The molecule has 0 aliphatic rings. The number of ether oxygens (including phenoxy) is 1. The molecule has 0 radical (unpaired) electrons. The van der Waals surface area contributed by atoms with Gasteiger partial charge in [-0.15, -0.1) is 0 Å². The number of aldehydes is 1. The predicted molar refractivity (Wildman–Crippen MR) is 47.3 cm³/mol. The third-order valence-electron chi connectivity index (χ3n) is 1.49. The molecule has 0 unspecified atom stereocenters. The Labute approximate surface area is 76.6 Å². The van der Waals surface area contributed by atoms with Gasteiger partial charge in [0.2, 0.25) is 0 Å². The van der Waals surface area contributed by atoms with Gasteiger partial charge in [-0.05, 0) is 24.3 Å². The summed E-state index contributed by atoms with van der Waals surface area (Å²) in [6.45, 7) is 0.384. The maximum absolute atomic E-state index is 9.97. The quantitative estimate of drug-likeness (QED) is 0.515. The molecule has 3 nitrogen and oxygen atoms in total. The third kappa shape index (κ3) is 2.96. The second-order valence-corrected chi connectivity index (χ2v) is 2.44. The fourth-order valence-electron chi connectivity index (χ4n) is 0.851. The maximum atomic E-state index is 9.97. The second kappa shape index (κ2) is 4.94. The van der Waals surface area contributed by atoms with E-state index in [9.17, 15) is 4.79 Å². The van der Waals surface area contributed by atoms with Gasteiger partial charge in [0.1, 0.15) is 12.0 Å². The minimum Gasteiger partial charge on any atom is -0.493 e. The van der Waals surface area contributed by atoms with Gasteiger partial charge in [0, 0.05) is 6.42 Å². The molecule has 66 valence electrons. The number of benzene rings is 1. The van der Waals surface area contributed by atoms with Gasteiger partial charge in [0.25, 0.3) is 0 Å². The fraction of sp³-hybridized carbons (Fsp3) is 0.200. The number of nitrogens with zero attached hydrogens (tertiary/aromatic N) is 1. The molecule has 0 atom stereocenters. The lowest BCUT2D eigenvalue weighted by molar-refractivity contribution is -0.108. The van der Waals surface area contributed by atoms with E-state index in [0.29, 0.717) is 24.3 Å². The van der Waals surface area contributed by atoms with Crippen molar-refractivity contribution in [1.29, 1.82) is 5.26 Å². The Kier molecular flexibility index (Phi) is 3.52. The first-order valence-corrected chi connectivity index (χ1v) is 3.93. The maximum Gasteiger partial charge on any atom is 0.123 e. The van der Waals surface area contributed by atoms with Crippen LogP contribution in [0.15, 0.2) is 24.3 Å². The zero-order valence-electron chi connectivity index (χ0n) is 7.06. The van der Waals surface area contributed by atoms with Gasteiger partial charge < -0.3 is 9.53 Å². The summed E-state index contributed by atoms with van der Waals surface area (Å²) >= 11 is 0. The van der Waals surface area contributed by atoms with Crippen LogP contribution >= 0.6 is 0 Å². The molecule has 1 aromatic carbocycles. The fourth-order valence-corrected chi connectivity index (χ4v) is 0.851. The van der Waals surface area contributed by atoms with Gasteiger partial charge >= 0.3 is 0 Å². The molecular formula is C10H9NO2. The largest absolute Gasteiger partial charge is 0.493 e. The zero-order chi connectivity index (χ0) is 9.52. The summed E-state index contributed by atoms with van der Waals surface area (Å²) < 4.78 is 5.21. The minimum absolute atomic E-state index is 0.384. The van der Waals surface area contributed by atoms with Crippen molar-refractivity contribution in [3.63, 3.8) is 0 Å². The molecule has 0 saturated heterocycles. The predicted octanol–water partition coefficient (Wildman–Crippen LogP) is 1.53. The molecule has 0 aromatic heterocycles. The van der Waals surface area contributed by atoms with E-state index in [2.05, 4.69) is 0 Å². The van der Waals surface area contributed by atoms with Gasteiger partial charge in [0.15, 0.2) is 0 Å². The van der Waals surface area contributed by atoms with Crippen LogP contribution in [0.5, 0.6) is 5.75 Å². The lowest BCUT2D eigenvalue weighted by atomic mass is 10.2. The van der Waals surface area contributed by atoms with E-state index < -0.39 is 0 Å². The Balaban J connectivity index is 2.50. The zero-order valence-corrected chi connectivity index (χ0v) is 7.06.